The van der Waals surface area contributed by atoms with Gasteiger partial charge in [-0.05, 0) is 36.6 Å². The first-order chi connectivity index (χ1) is 8.84. The Bertz CT molecular complexity index is 477. The van der Waals surface area contributed by atoms with Gasteiger partial charge >= 0.3 is 0 Å². The smallest absolute Gasteiger partial charge is 0.0627 e. The van der Waals surface area contributed by atoms with Crippen molar-refractivity contribution in [3.05, 3.63) is 72.1 Å². The molecule has 1 aromatic carbocycles. The minimum absolute atomic E-state index is 0.0761. The predicted molar refractivity (Wildman–Crippen MR) is 76.0 cm³/mol. The van der Waals surface area contributed by atoms with Crippen molar-refractivity contribution in [3.8, 4) is 0 Å². The largest absolute Gasteiger partial charge is 0.324 e. The van der Waals surface area contributed by atoms with Gasteiger partial charge in [-0.25, -0.2) is 0 Å². The number of pyridine rings is 1. The molecule has 92 valence electrons. The van der Waals surface area contributed by atoms with Crippen molar-refractivity contribution in [2.24, 2.45) is 5.73 Å². The quantitative estimate of drug-likeness (QED) is 0.869. The molecular formula is C16H18N2. The average molecular weight is 238 g/mol. The Morgan fingerprint density at radius 1 is 1.06 bits per heavy atom. The van der Waals surface area contributed by atoms with Crippen molar-refractivity contribution in [1.29, 1.82) is 0 Å². The van der Waals surface area contributed by atoms with Gasteiger partial charge in [0.1, 0.15) is 0 Å². The summed E-state index contributed by atoms with van der Waals surface area (Å²) >= 11 is 0. The van der Waals surface area contributed by atoms with E-state index in [1.807, 2.05) is 36.4 Å². The maximum Gasteiger partial charge on any atom is 0.0627 e. The molecule has 0 bridgehead atoms. The number of aromatic nitrogens is 1. The molecule has 1 atom stereocenters. The molecule has 0 aliphatic rings. The van der Waals surface area contributed by atoms with Gasteiger partial charge in [0.2, 0.25) is 0 Å². The number of rotatable bonds is 5. The summed E-state index contributed by atoms with van der Waals surface area (Å²) in [5.74, 6) is 0. The molecule has 2 N–H and O–H groups in total. The van der Waals surface area contributed by atoms with E-state index in [4.69, 9.17) is 5.73 Å². The molecule has 2 aromatic rings. The summed E-state index contributed by atoms with van der Waals surface area (Å²) < 4.78 is 0. The average Bonchev–Trinajstić information content (AvgIpc) is 2.45. The highest BCUT2D eigenvalue weighted by atomic mass is 14.7. The van der Waals surface area contributed by atoms with Crippen LogP contribution < -0.4 is 5.73 Å². The van der Waals surface area contributed by atoms with E-state index in [9.17, 15) is 0 Å². The molecule has 0 aliphatic carbocycles. The van der Waals surface area contributed by atoms with E-state index < -0.39 is 0 Å². The van der Waals surface area contributed by atoms with Crippen LogP contribution in [0.4, 0.5) is 0 Å². The maximum atomic E-state index is 6.05. The predicted octanol–water partition coefficient (Wildman–Crippen LogP) is 3.05. The van der Waals surface area contributed by atoms with E-state index in [0.29, 0.717) is 0 Å². The van der Waals surface area contributed by atoms with Crippen LogP contribution in [0.3, 0.4) is 0 Å². The molecule has 0 radical (unpaired) electrons. The van der Waals surface area contributed by atoms with Gasteiger partial charge in [0, 0.05) is 12.2 Å². The van der Waals surface area contributed by atoms with E-state index in [0.717, 1.165) is 18.5 Å². The zero-order chi connectivity index (χ0) is 12.6. The highest BCUT2D eigenvalue weighted by molar-refractivity contribution is 5.44. The zero-order valence-electron chi connectivity index (χ0n) is 10.4. The van der Waals surface area contributed by atoms with Crippen molar-refractivity contribution < 1.29 is 0 Å². The number of benzene rings is 1. The fourth-order valence-electron chi connectivity index (χ4n) is 1.77. The molecule has 0 saturated heterocycles. The van der Waals surface area contributed by atoms with Crippen LogP contribution in [-0.4, -0.2) is 11.0 Å². The Hall–Kier alpha value is -1.93. The number of nitrogens with zero attached hydrogens (tertiary/aromatic N) is 1. The Kier molecular flexibility index (Phi) is 4.68. The van der Waals surface area contributed by atoms with Crippen molar-refractivity contribution in [3.63, 3.8) is 0 Å². The third-order valence-corrected chi connectivity index (χ3v) is 2.81. The Morgan fingerprint density at radius 3 is 2.56 bits per heavy atom. The van der Waals surface area contributed by atoms with Crippen molar-refractivity contribution >= 4 is 6.08 Å². The van der Waals surface area contributed by atoms with E-state index in [-0.39, 0.29) is 6.04 Å². The number of hydrogen-bond acceptors (Lipinski definition) is 2. The highest BCUT2D eigenvalue weighted by Gasteiger charge is 1.98. The van der Waals surface area contributed by atoms with Gasteiger partial charge in [-0.15, -0.1) is 0 Å². The standard InChI is InChI=1S/C16H18N2/c17-15(10-9-14-6-2-1-3-7-14)11-12-16-8-4-5-13-18-16/h1-8,11-13,15H,9-10,17H2/b12-11+/t15-/m0/s1. The van der Waals surface area contributed by atoms with Gasteiger partial charge in [0.05, 0.1) is 5.69 Å². The monoisotopic (exact) mass is 238 g/mol. The van der Waals surface area contributed by atoms with Gasteiger partial charge in [0.15, 0.2) is 0 Å². The maximum absolute atomic E-state index is 6.05. The van der Waals surface area contributed by atoms with Crippen LogP contribution >= 0.6 is 0 Å². The van der Waals surface area contributed by atoms with E-state index in [2.05, 4.69) is 29.2 Å². The van der Waals surface area contributed by atoms with Gasteiger partial charge in [-0.2, -0.15) is 0 Å². The molecule has 2 rings (SSSR count). The topological polar surface area (TPSA) is 38.9 Å². The Balaban J connectivity index is 1.82. The Morgan fingerprint density at radius 2 is 1.83 bits per heavy atom. The van der Waals surface area contributed by atoms with Gasteiger partial charge < -0.3 is 5.73 Å². The molecule has 0 saturated carbocycles. The summed E-state index contributed by atoms with van der Waals surface area (Å²) in [5.41, 5.74) is 8.34. The third kappa shape index (κ3) is 4.15. The first-order valence-electron chi connectivity index (χ1n) is 6.23. The molecule has 0 unspecified atom stereocenters. The number of aryl methyl sites for hydroxylation is 1. The van der Waals surface area contributed by atoms with Crippen LogP contribution in [-0.2, 0) is 6.42 Å². The molecule has 0 amide bonds. The third-order valence-electron chi connectivity index (χ3n) is 2.81. The lowest BCUT2D eigenvalue weighted by Gasteiger charge is -2.06. The van der Waals surface area contributed by atoms with Crippen LogP contribution in [0.15, 0.2) is 60.8 Å². The second kappa shape index (κ2) is 6.72. The lowest BCUT2D eigenvalue weighted by molar-refractivity contribution is 0.723. The summed E-state index contributed by atoms with van der Waals surface area (Å²) in [6, 6.07) is 16.4. The summed E-state index contributed by atoms with van der Waals surface area (Å²) in [5, 5.41) is 0. The normalized spacial score (nSPS) is 12.7. The lowest BCUT2D eigenvalue weighted by atomic mass is 10.1. The minimum atomic E-state index is 0.0761. The molecule has 1 aromatic heterocycles. The van der Waals surface area contributed by atoms with Gasteiger partial charge in [0.25, 0.3) is 0 Å². The van der Waals surface area contributed by atoms with Crippen LogP contribution in [0.2, 0.25) is 0 Å². The summed E-state index contributed by atoms with van der Waals surface area (Å²) in [7, 11) is 0. The van der Waals surface area contributed by atoms with Gasteiger partial charge in [-0.3, -0.25) is 4.98 Å². The number of nitrogens with two attached hydrogens (primary N) is 1. The molecular weight excluding hydrogens is 220 g/mol. The van der Waals surface area contributed by atoms with E-state index in [1.54, 1.807) is 6.20 Å². The fourth-order valence-corrected chi connectivity index (χ4v) is 1.77. The fraction of sp³-hybridized carbons (Fsp3) is 0.188. The molecule has 0 aliphatic heterocycles. The molecule has 0 fully saturated rings. The molecule has 1 heterocycles. The van der Waals surface area contributed by atoms with Crippen molar-refractivity contribution in [2.45, 2.75) is 18.9 Å². The number of hydrogen-bond donors (Lipinski definition) is 1. The lowest BCUT2D eigenvalue weighted by Crippen LogP contribution is -2.17. The second-order valence-electron chi connectivity index (χ2n) is 4.30. The highest BCUT2D eigenvalue weighted by Crippen LogP contribution is 2.05. The molecule has 2 heteroatoms. The van der Waals surface area contributed by atoms with Crippen LogP contribution in [0.5, 0.6) is 0 Å². The summed E-state index contributed by atoms with van der Waals surface area (Å²) in [6.45, 7) is 0. The second-order valence-corrected chi connectivity index (χ2v) is 4.30. The molecule has 0 spiro atoms. The van der Waals surface area contributed by atoms with Crippen LogP contribution in [0, 0.1) is 0 Å². The van der Waals surface area contributed by atoms with Crippen molar-refractivity contribution in [2.75, 3.05) is 0 Å². The van der Waals surface area contributed by atoms with E-state index in [1.165, 1.54) is 5.56 Å². The SMILES string of the molecule is N[C@H](/C=C/c1ccccn1)CCc1ccccc1. The first-order valence-corrected chi connectivity index (χ1v) is 6.23. The minimum Gasteiger partial charge on any atom is -0.324 e. The summed E-state index contributed by atoms with van der Waals surface area (Å²) in [4.78, 5) is 4.23. The Labute approximate surface area is 108 Å². The van der Waals surface area contributed by atoms with Gasteiger partial charge in [-0.1, -0.05) is 42.5 Å². The van der Waals surface area contributed by atoms with Crippen molar-refractivity contribution in [1.82, 2.24) is 4.98 Å². The van der Waals surface area contributed by atoms with Crippen LogP contribution in [0.25, 0.3) is 6.08 Å². The first kappa shape index (κ1) is 12.5. The van der Waals surface area contributed by atoms with Crippen LogP contribution in [0.1, 0.15) is 17.7 Å². The molecule has 2 nitrogen and oxygen atoms in total. The van der Waals surface area contributed by atoms with E-state index >= 15 is 0 Å². The molecule has 18 heavy (non-hydrogen) atoms. The summed E-state index contributed by atoms with van der Waals surface area (Å²) in [6.07, 6.45) is 7.75. The zero-order valence-corrected chi connectivity index (χ0v) is 10.4.